The summed E-state index contributed by atoms with van der Waals surface area (Å²) in [4.78, 5) is 0. The standard InChI is InChI=1S/C13H14FN3/c1-9-13-12(3-2-8-15-13)17(16-9)11-6-4-10(14)5-7-11/h4-7,15H,2-3,8H2,1H3. The Hall–Kier alpha value is -1.84. The van der Waals surface area contributed by atoms with Crippen molar-refractivity contribution in [1.29, 1.82) is 0 Å². The van der Waals surface area contributed by atoms with Gasteiger partial charge in [-0.05, 0) is 44.0 Å². The minimum absolute atomic E-state index is 0.218. The summed E-state index contributed by atoms with van der Waals surface area (Å²) in [5.74, 6) is -0.218. The van der Waals surface area contributed by atoms with E-state index in [2.05, 4.69) is 10.4 Å². The average molecular weight is 231 g/mol. The lowest BCUT2D eigenvalue weighted by molar-refractivity contribution is 0.626. The number of halogens is 1. The number of benzene rings is 1. The number of aromatic nitrogens is 2. The number of hydrogen-bond donors (Lipinski definition) is 1. The highest BCUT2D eigenvalue weighted by Gasteiger charge is 2.18. The summed E-state index contributed by atoms with van der Waals surface area (Å²) in [5.41, 5.74) is 4.25. The number of aryl methyl sites for hydroxylation is 1. The van der Waals surface area contributed by atoms with E-state index in [9.17, 15) is 4.39 Å². The molecule has 0 radical (unpaired) electrons. The zero-order valence-corrected chi connectivity index (χ0v) is 9.70. The molecule has 3 nitrogen and oxygen atoms in total. The molecular weight excluding hydrogens is 217 g/mol. The normalized spacial score (nSPS) is 14.2. The Bertz CT molecular complexity index is 543. The minimum Gasteiger partial charge on any atom is -0.382 e. The molecule has 0 unspecified atom stereocenters. The molecule has 0 spiro atoms. The van der Waals surface area contributed by atoms with E-state index in [1.807, 2.05) is 11.6 Å². The van der Waals surface area contributed by atoms with E-state index >= 15 is 0 Å². The molecule has 1 aliphatic heterocycles. The first-order chi connectivity index (χ1) is 8.25. The maximum Gasteiger partial charge on any atom is 0.123 e. The van der Waals surface area contributed by atoms with Crippen molar-refractivity contribution in [3.8, 4) is 5.69 Å². The quantitative estimate of drug-likeness (QED) is 0.817. The molecule has 0 saturated heterocycles. The Kier molecular flexibility index (Phi) is 2.35. The van der Waals surface area contributed by atoms with Crippen LogP contribution in [0.1, 0.15) is 17.8 Å². The van der Waals surface area contributed by atoms with Gasteiger partial charge in [0.1, 0.15) is 5.82 Å². The van der Waals surface area contributed by atoms with Crippen molar-refractivity contribution in [2.45, 2.75) is 19.8 Å². The Morgan fingerprint density at radius 2 is 2.06 bits per heavy atom. The zero-order chi connectivity index (χ0) is 11.8. The van der Waals surface area contributed by atoms with Crippen molar-refractivity contribution in [2.24, 2.45) is 0 Å². The van der Waals surface area contributed by atoms with E-state index in [-0.39, 0.29) is 5.82 Å². The predicted molar refractivity (Wildman–Crippen MR) is 65.1 cm³/mol. The molecule has 1 N–H and O–H groups in total. The smallest absolute Gasteiger partial charge is 0.123 e. The third-order valence-corrected chi connectivity index (χ3v) is 3.12. The maximum atomic E-state index is 12.9. The van der Waals surface area contributed by atoms with Gasteiger partial charge in [-0.25, -0.2) is 9.07 Å². The van der Waals surface area contributed by atoms with Crippen molar-refractivity contribution >= 4 is 5.69 Å². The highest BCUT2D eigenvalue weighted by molar-refractivity contribution is 5.56. The Morgan fingerprint density at radius 1 is 1.29 bits per heavy atom. The minimum atomic E-state index is -0.218. The van der Waals surface area contributed by atoms with E-state index in [4.69, 9.17) is 0 Å². The summed E-state index contributed by atoms with van der Waals surface area (Å²) in [5, 5.41) is 7.90. The van der Waals surface area contributed by atoms with Crippen LogP contribution in [0.3, 0.4) is 0 Å². The van der Waals surface area contributed by atoms with Gasteiger partial charge in [-0.15, -0.1) is 0 Å². The average Bonchev–Trinajstić information content (AvgIpc) is 2.69. The molecule has 2 aromatic rings. The van der Waals surface area contributed by atoms with Gasteiger partial charge in [0.25, 0.3) is 0 Å². The second kappa shape index (κ2) is 3.87. The summed E-state index contributed by atoms with van der Waals surface area (Å²) in [6.45, 7) is 3.00. The summed E-state index contributed by atoms with van der Waals surface area (Å²) in [6, 6.07) is 6.46. The molecule has 3 rings (SSSR count). The highest BCUT2D eigenvalue weighted by Crippen LogP contribution is 2.27. The Morgan fingerprint density at radius 3 is 2.82 bits per heavy atom. The third kappa shape index (κ3) is 1.69. The number of nitrogens with zero attached hydrogens (tertiary/aromatic N) is 2. The molecule has 0 saturated carbocycles. The SMILES string of the molecule is Cc1nn(-c2ccc(F)cc2)c2c1NCCC2. The van der Waals surface area contributed by atoms with Crippen LogP contribution in [0.15, 0.2) is 24.3 Å². The molecule has 0 aliphatic carbocycles. The molecule has 2 heterocycles. The van der Waals surface area contributed by atoms with E-state index in [1.54, 1.807) is 12.1 Å². The fraction of sp³-hybridized carbons (Fsp3) is 0.308. The van der Waals surface area contributed by atoms with Gasteiger partial charge >= 0.3 is 0 Å². The van der Waals surface area contributed by atoms with Gasteiger partial charge in [0.2, 0.25) is 0 Å². The number of hydrogen-bond acceptors (Lipinski definition) is 2. The van der Waals surface area contributed by atoms with Crippen LogP contribution >= 0.6 is 0 Å². The molecule has 17 heavy (non-hydrogen) atoms. The van der Waals surface area contributed by atoms with Gasteiger partial charge in [0.15, 0.2) is 0 Å². The molecule has 1 aromatic heterocycles. The summed E-state index contributed by atoms with van der Waals surface area (Å²) >= 11 is 0. The first-order valence-electron chi connectivity index (χ1n) is 5.84. The van der Waals surface area contributed by atoms with Crippen molar-refractivity contribution in [3.63, 3.8) is 0 Å². The van der Waals surface area contributed by atoms with Crippen LogP contribution in [0.4, 0.5) is 10.1 Å². The van der Waals surface area contributed by atoms with Crippen LogP contribution in [-0.4, -0.2) is 16.3 Å². The number of anilines is 1. The number of fused-ring (bicyclic) bond motifs is 1. The highest BCUT2D eigenvalue weighted by atomic mass is 19.1. The largest absolute Gasteiger partial charge is 0.382 e. The van der Waals surface area contributed by atoms with Crippen molar-refractivity contribution < 1.29 is 4.39 Å². The molecule has 0 atom stereocenters. The van der Waals surface area contributed by atoms with Crippen LogP contribution < -0.4 is 5.32 Å². The van der Waals surface area contributed by atoms with Gasteiger partial charge in [0.05, 0.1) is 22.8 Å². The van der Waals surface area contributed by atoms with Crippen LogP contribution in [0, 0.1) is 12.7 Å². The van der Waals surface area contributed by atoms with E-state index in [1.165, 1.54) is 17.8 Å². The van der Waals surface area contributed by atoms with E-state index in [0.717, 1.165) is 36.5 Å². The second-order valence-electron chi connectivity index (χ2n) is 4.33. The lowest BCUT2D eigenvalue weighted by Gasteiger charge is -2.16. The lowest BCUT2D eigenvalue weighted by atomic mass is 10.1. The van der Waals surface area contributed by atoms with Gasteiger partial charge in [-0.3, -0.25) is 0 Å². The van der Waals surface area contributed by atoms with Gasteiger partial charge in [-0.1, -0.05) is 0 Å². The third-order valence-electron chi connectivity index (χ3n) is 3.12. The van der Waals surface area contributed by atoms with Crippen molar-refractivity contribution in [2.75, 3.05) is 11.9 Å². The van der Waals surface area contributed by atoms with Gasteiger partial charge in [0, 0.05) is 6.54 Å². The Balaban J connectivity index is 2.11. The molecular formula is C13H14FN3. The van der Waals surface area contributed by atoms with Crippen LogP contribution in [0.25, 0.3) is 5.69 Å². The van der Waals surface area contributed by atoms with Crippen LogP contribution in [0.2, 0.25) is 0 Å². The zero-order valence-electron chi connectivity index (χ0n) is 9.70. The molecule has 0 amide bonds. The summed E-state index contributed by atoms with van der Waals surface area (Å²) < 4.78 is 14.8. The topological polar surface area (TPSA) is 29.9 Å². The number of nitrogens with one attached hydrogen (secondary N) is 1. The van der Waals surface area contributed by atoms with E-state index < -0.39 is 0 Å². The lowest BCUT2D eigenvalue weighted by Crippen LogP contribution is -2.13. The van der Waals surface area contributed by atoms with Crippen LogP contribution in [0.5, 0.6) is 0 Å². The first-order valence-corrected chi connectivity index (χ1v) is 5.84. The fourth-order valence-electron chi connectivity index (χ4n) is 2.30. The molecule has 88 valence electrons. The fourth-order valence-corrected chi connectivity index (χ4v) is 2.30. The van der Waals surface area contributed by atoms with Crippen molar-refractivity contribution in [1.82, 2.24) is 9.78 Å². The summed E-state index contributed by atoms with van der Waals surface area (Å²) in [7, 11) is 0. The summed E-state index contributed by atoms with van der Waals surface area (Å²) in [6.07, 6.45) is 2.12. The predicted octanol–water partition coefficient (Wildman–Crippen LogP) is 2.68. The van der Waals surface area contributed by atoms with Gasteiger partial charge in [-0.2, -0.15) is 5.10 Å². The maximum absolute atomic E-state index is 12.9. The van der Waals surface area contributed by atoms with Crippen molar-refractivity contribution in [3.05, 3.63) is 41.5 Å². The monoisotopic (exact) mass is 231 g/mol. The molecule has 1 aromatic carbocycles. The molecule has 0 fully saturated rings. The molecule has 4 heteroatoms. The molecule has 1 aliphatic rings. The van der Waals surface area contributed by atoms with Gasteiger partial charge < -0.3 is 5.32 Å². The first kappa shape index (κ1) is 10.3. The number of rotatable bonds is 1. The van der Waals surface area contributed by atoms with Crippen LogP contribution in [-0.2, 0) is 6.42 Å². The second-order valence-corrected chi connectivity index (χ2v) is 4.33. The van der Waals surface area contributed by atoms with E-state index in [0.29, 0.717) is 0 Å². The molecule has 0 bridgehead atoms. The Labute approximate surface area is 99.3 Å².